The Morgan fingerprint density at radius 1 is 1.20 bits per heavy atom. The average molecular weight is 343 g/mol. The molecule has 1 aliphatic heterocycles. The van der Waals surface area contributed by atoms with Gasteiger partial charge in [-0.15, -0.1) is 0 Å². The Bertz CT molecular complexity index is 793. The number of rotatable bonds is 3. The summed E-state index contributed by atoms with van der Waals surface area (Å²) in [5.41, 5.74) is 0.630. The van der Waals surface area contributed by atoms with Crippen LogP contribution in [0.3, 0.4) is 0 Å². The third-order valence-corrected chi connectivity index (χ3v) is 4.31. The number of amides is 1. The smallest absolute Gasteiger partial charge is 0.335 e. The van der Waals surface area contributed by atoms with E-state index in [1.54, 1.807) is 4.90 Å². The van der Waals surface area contributed by atoms with Gasteiger partial charge in [-0.05, 0) is 30.7 Å². The van der Waals surface area contributed by atoms with Gasteiger partial charge in [-0.1, -0.05) is 30.3 Å². The number of benzene rings is 2. The SMILES string of the molecule is CC1COC(c2ccccc2)CN1C(=O)c1ccc(C(=O)O)cc1F. The minimum Gasteiger partial charge on any atom is -0.478 e. The van der Waals surface area contributed by atoms with Gasteiger partial charge in [-0.2, -0.15) is 0 Å². The average Bonchev–Trinajstić information content (AvgIpc) is 2.62. The number of carbonyl (C=O) groups excluding carboxylic acids is 1. The largest absolute Gasteiger partial charge is 0.478 e. The summed E-state index contributed by atoms with van der Waals surface area (Å²) in [6, 6.07) is 12.7. The van der Waals surface area contributed by atoms with Gasteiger partial charge in [0.15, 0.2) is 0 Å². The van der Waals surface area contributed by atoms with E-state index in [0.717, 1.165) is 11.6 Å². The Morgan fingerprint density at radius 2 is 1.92 bits per heavy atom. The maximum absolute atomic E-state index is 14.2. The number of aromatic carboxylic acids is 1. The molecule has 0 aliphatic carbocycles. The lowest BCUT2D eigenvalue weighted by molar-refractivity contribution is -0.0488. The highest BCUT2D eigenvalue weighted by Crippen LogP contribution is 2.26. The molecule has 0 aromatic heterocycles. The van der Waals surface area contributed by atoms with E-state index in [0.29, 0.717) is 13.2 Å². The zero-order valence-corrected chi connectivity index (χ0v) is 13.7. The van der Waals surface area contributed by atoms with Gasteiger partial charge < -0.3 is 14.7 Å². The van der Waals surface area contributed by atoms with Crippen LogP contribution in [0, 0.1) is 5.82 Å². The van der Waals surface area contributed by atoms with Crippen LogP contribution in [0.15, 0.2) is 48.5 Å². The van der Waals surface area contributed by atoms with Crippen molar-refractivity contribution in [3.05, 3.63) is 71.0 Å². The second kappa shape index (κ2) is 7.03. The lowest BCUT2D eigenvalue weighted by atomic mass is 10.0. The predicted octanol–water partition coefficient (Wildman–Crippen LogP) is 3.13. The van der Waals surface area contributed by atoms with E-state index in [1.807, 2.05) is 37.3 Å². The highest BCUT2D eigenvalue weighted by atomic mass is 19.1. The third-order valence-electron chi connectivity index (χ3n) is 4.31. The maximum atomic E-state index is 14.2. The standard InChI is InChI=1S/C19H18FNO4/c1-12-11-25-17(13-5-3-2-4-6-13)10-21(12)18(22)15-8-7-14(19(23)24)9-16(15)20/h2-9,12,17H,10-11H2,1H3,(H,23,24). The van der Waals surface area contributed by atoms with Gasteiger partial charge in [-0.3, -0.25) is 4.79 Å². The molecule has 1 saturated heterocycles. The van der Waals surface area contributed by atoms with Crippen molar-refractivity contribution in [2.75, 3.05) is 13.2 Å². The topological polar surface area (TPSA) is 66.8 Å². The van der Waals surface area contributed by atoms with Gasteiger partial charge in [0.05, 0.1) is 30.3 Å². The van der Waals surface area contributed by atoms with Gasteiger partial charge in [0, 0.05) is 0 Å². The van der Waals surface area contributed by atoms with Crippen molar-refractivity contribution in [1.29, 1.82) is 0 Å². The quantitative estimate of drug-likeness (QED) is 0.930. The number of carboxylic acids is 1. The summed E-state index contributed by atoms with van der Waals surface area (Å²) in [5, 5.41) is 8.91. The minimum atomic E-state index is -1.23. The Labute approximate surface area is 144 Å². The van der Waals surface area contributed by atoms with Crippen molar-refractivity contribution in [3.8, 4) is 0 Å². The Kier molecular flexibility index (Phi) is 4.81. The number of morpholine rings is 1. The van der Waals surface area contributed by atoms with E-state index in [4.69, 9.17) is 9.84 Å². The number of carboxylic acid groups (broad SMARTS) is 1. The lowest BCUT2D eigenvalue weighted by Gasteiger charge is -2.38. The monoisotopic (exact) mass is 343 g/mol. The van der Waals surface area contributed by atoms with Gasteiger partial charge in [0.25, 0.3) is 5.91 Å². The van der Waals surface area contributed by atoms with Crippen molar-refractivity contribution in [1.82, 2.24) is 4.90 Å². The Hall–Kier alpha value is -2.73. The van der Waals surface area contributed by atoms with Crippen molar-refractivity contribution in [2.45, 2.75) is 19.1 Å². The third kappa shape index (κ3) is 3.53. The molecule has 2 aromatic carbocycles. The molecule has 2 atom stereocenters. The van der Waals surface area contributed by atoms with Crippen molar-refractivity contribution in [3.63, 3.8) is 0 Å². The Balaban J connectivity index is 1.84. The molecule has 0 saturated carbocycles. The van der Waals surface area contributed by atoms with E-state index in [-0.39, 0.29) is 23.3 Å². The molecule has 6 heteroatoms. The molecule has 0 radical (unpaired) electrons. The summed E-state index contributed by atoms with van der Waals surface area (Å²) in [6.07, 6.45) is -0.275. The molecule has 3 rings (SSSR count). The normalized spacial score (nSPS) is 20.3. The van der Waals surface area contributed by atoms with Crippen LogP contribution in [0.4, 0.5) is 4.39 Å². The summed E-state index contributed by atoms with van der Waals surface area (Å²) >= 11 is 0. The van der Waals surface area contributed by atoms with E-state index in [9.17, 15) is 14.0 Å². The lowest BCUT2D eigenvalue weighted by Crippen LogP contribution is -2.48. The second-order valence-corrected chi connectivity index (χ2v) is 6.04. The molecule has 0 bridgehead atoms. The number of carbonyl (C=O) groups is 2. The zero-order valence-electron chi connectivity index (χ0n) is 13.7. The molecule has 25 heavy (non-hydrogen) atoms. The van der Waals surface area contributed by atoms with Crippen LogP contribution in [0.25, 0.3) is 0 Å². The molecule has 1 aliphatic rings. The predicted molar refractivity (Wildman–Crippen MR) is 89.0 cm³/mol. The van der Waals surface area contributed by atoms with Crippen molar-refractivity contribution in [2.24, 2.45) is 0 Å². The number of nitrogens with zero attached hydrogens (tertiary/aromatic N) is 1. The first-order chi connectivity index (χ1) is 12.0. The molecular formula is C19H18FNO4. The fourth-order valence-electron chi connectivity index (χ4n) is 2.89. The van der Waals surface area contributed by atoms with Crippen LogP contribution >= 0.6 is 0 Å². The molecule has 1 heterocycles. The molecule has 2 aromatic rings. The van der Waals surface area contributed by atoms with Crippen LogP contribution in [0.5, 0.6) is 0 Å². The maximum Gasteiger partial charge on any atom is 0.335 e. The van der Waals surface area contributed by atoms with Crippen LogP contribution in [0.1, 0.15) is 39.3 Å². The van der Waals surface area contributed by atoms with Gasteiger partial charge >= 0.3 is 5.97 Å². The fourth-order valence-corrected chi connectivity index (χ4v) is 2.89. The molecule has 0 spiro atoms. The first-order valence-electron chi connectivity index (χ1n) is 7.97. The van der Waals surface area contributed by atoms with Crippen LogP contribution < -0.4 is 0 Å². The van der Waals surface area contributed by atoms with Crippen LogP contribution in [-0.4, -0.2) is 41.1 Å². The van der Waals surface area contributed by atoms with E-state index in [2.05, 4.69) is 0 Å². The van der Waals surface area contributed by atoms with E-state index in [1.165, 1.54) is 12.1 Å². The summed E-state index contributed by atoms with van der Waals surface area (Å²) in [6.45, 7) is 2.49. The number of ether oxygens (including phenoxy) is 1. The molecule has 5 nitrogen and oxygen atoms in total. The minimum absolute atomic E-state index is 0.134. The Morgan fingerprint density at radius 3 is 2.56 bits per heavy atom. The number of hydrogen-bond donors (Lipinski definition) is 1. The summed E-state index contributed by atoms with van der Waals surface area (Å²) in [4.78, 5) is 25.3. The van der Waals surface area contributed by atoms with Gasteiger partial charge in [0.1, 0.15) is 11.9 Å². The second-order valence-electron chi connectivity index (χ2n) is 6.04. The van der Waals surface area contributed by atoms with Gasteiger partial charge in [-0.25, -0.2) is 9.18 Å². The number of halogens is 1. The van der Waals surface area contributed by atoms with E-state index < -0.39 is 17.7 Å². The molecule has 2 unspecified atom stereocenters. The highest BCUT2D eigenvalue weighted by molar-refractivity contribution is 5.96. The first kappa shape index (κ1) is 17.1. The molecular weight excluding hydrogens is 325 g/mol. The summed E-state index contributed by atoms with van der Waals surface area (Å²) in [7, 11) is 0. The van der Waals surface area contributed by atoms with Crippen LogP contribution in [-0.2, 0) is 4.74 Å². The van der Waals surface area contributed by atoms with Crippen LogP contribution in [0.2, 0.25) is 0 Å². The van der Waals surface area contributed by atoms with Gasteiger partial charge in [0.2, 0.25) is 0 Å². The first-order valence-corrected chi connectivity index (χ1v) is 7.97. The highest BCUT2D eigenvalue weighted by Gasteiger charge is 2.32. The molecule has 1 amide bonds. The van der Waals surface area contributed by atoms with Crippen molar-refractivity contribution >= 4 is 11.9 Å². The molecule has 1 N–H and O–H groups in total. The fraction of sp³-hybridized carbons (Fsp3) is 0.263. The molecule has 130 valence electrons. The zero-order chi connectivity index (χ0) is 18.0. The number of hydrogen-bond acceptors (Lipinski definition) is 3. The summed E-state index contributed by atoms with van der Waals surface area (Å²) < 4.78 is 20.0. The van der Waals surface area contributed by atoms with E-state index >= 15 is 0 Å². The summed E-state index contributed by atoms with van der Waals surface area (Å²) in [5.74, 6) is -2.53. The molecule has 1 fully saturated rings. The van der Waals surface area contributed by atoms with Crippen molar-refractivity contribution < 1.29 is 23.8 Å².